The molecule has 0 aromatic carbocycles. The first kappa shape index (κ1) is 14.0. The molecule has 6 nitrogen and oxygen atoms in total. The summed E-state index contributed by atoms with van der Waals surface area (Å²) in [4.78, 5) is 28.4. The number of carbonyl (C=O) groups excluding carboxylic acids is 2. The van der Waals surface area contributed by atoms with Gasteiger partial charge in [-0.15, -0.1) is 0 Å². The highest BCUT2D eigenvalue weighted by Gasteiger charge is 2.07. The van der Waals surface area contributed by atoms with Crippen LogP contribution in [0, 0.1) is 0 Å². The molecule has 1 aromatic rings. The van der Waals surface area contributed by atoms with Crippen LogP contribution in [0.5, 0.6) is 0 Å². The van der Waals surface area contributed by atoms with Gasteiger partial charge in [-0.05, 0) is 19.1 Å². The summed E-state index contributed by atoms with van der Waals surface area (Å²) in [7, 11) is 3.38. The van der Waals surface area contributed by atoms with Crippen LogP contribution in [0.2, 0.25) is 0 Å². The van der Waals surface area contributed by atoms with Gasteiger partial charge in [0, 0.05) is 32.5 Å². The Hall–Kier alpha value is -2.11. The quantitative estimate of drug-likeness (QED) is 0.790. The molecule has 0 atom stereocenters. The van der Waals surface area contributed by atoms with E-state index in [9.17, 15) is 9.59 Å². The number of nitrogens with zero attached hydrogens (tertiary/aromatic N) is 2. The van der Waals surface area contributed by atoms with Crippen molar-refractivity contribution in [2.75, 3.05) is 32.5 Å². The van der Waals surface area contributed by atoms with E-state index in [4.69, 9.17) is 0 Å². The number of amides is 2. The largest absolute Gasteiger partial charge is 0.376 e. The lowest BCUT2D eigenvalue weighted by Gasteiger charge is -2.12. The van der Waals surface area contributed by atoms with Crippen molar-refractivity contribution in [1.29, 1.82) is 0 Å². The lowest BCUT2D eigenvalue weighted by atomic mass is 10.3. The summed E-state index contributed by atoms with van der Waals surface area (Å²) >= 11 is 0. The first-order valence-corrected chi connectivity index (χ1v) is 5.73. The van der Waals surface area contributed by atoms with Crippen molar-refractivity contribution >= 4 is 17.5 Å². The molecular weight excluding hydrogens is 232 g/mol. The van der Waals surface area contributed by atoms with Crippen LogP contribution in [0.4, 0.5) is 5.69 Å². The number of pyridine rings is 1. The zero-order valence-corrected chi connectivity index (χ0v) is 10.9. The maximum absolute atomic E-state index is 11.6. The Morgan fingerprint density at radius 3 is 2.72 bits per heavy atom. The second-order valence-electron chi connectivity index (χ2n) is 3.93. The average molecular weight is 250 g/mol. The monoisotopic (exact) mass is 250 g/mol. The van der Waals surface area contributed by atoms with E-state index < -0.39 is 0 Å². The molecule has 6 heteroatoms. The highest BCUT2D eigenvalue weighted by atomic mass is 16.2. The smallest absolute Gasteiger partial charge is 0.269 e. The molecular formula is C12H18N4O2. The van der Waals surface area contributed by atoms with Crippen LogP contribution < -0.4 is 10.6 Å². The average Bonchev–Trinajstić information content (AvgIpc) is 2.36. The molecule has 1 rings (SSSR count). The maximum atomic E-state index is 11.6. The molecule has 18 heavy (non-hydrogen) atoms. The topological polar surface area (TPSA) is 74.3 Å². The summed E-state index contributed by atoms with van der Waals surface area (Å²) in [5, 5.41) is 5.62. The third-order valence-electron chi connectivity index (χ3n) is 2.27. The highest BCUT2D eigenvalue weighted by Crippen LogP contribution is 2.07. The van der Waals surface area contributed by atoms with E-state index in [-0.39, 0.29) is 18.4 Å². The number of aromatic nitrogens is 1. The van der Waals surface area contributed by atoms with Crippen molar-refractivity contribution < 1.29 is 9.59 Å². The van der Waals surface area contributed by atoms with Crippen LogP contribution in [-0.2, 0) is 4.79 Å². The second-order valence-corrected chi connectivity index (χ2v) is 3.93. The molecule has 0 saturated heterocycles. The van der Waals surface area contributed by atoms with E-state index in [1.54, 1.807) is 26.2 Å². The zero-order chi connectivity index (χ0) is 13.5. The minimum Gasteiger partial charge on any atom is -0.376 e. The van der Waals surface area contributed by atoms with Gasteiger partial charge >= 0.3 is 0 Å². The zero-order valence-electron chi connectivity index (χ0n) is 10.9. The highest BCUT2D eigenvalue weighted by molar-refractivity contribution is 5.93. The maximum Gasteiger partial charge on any atom is 0.269 e. The number of anilines is 1. The van der Waals surface area contributed by atoms with E-state index in [1.807, 2.05) is 6.92 Å². The Balaban J connectivity index is 2.65. The van der Waals surface area contributed by atoms with Crippen molar-refractivity contribution in [3.05, 3.63) is 24.0 Å². The molecule has 0 aliphatic heterocycles. The predicted molar refractivity (Wildman–Crippen MR) is 69.4 cm³/mol. The number of carbonyl (C=O) groups is 2. The molecule has 0 aliphatic rings. The molecule has 0 spiro atoms. The fraction of sp³-hybridized carbons (Fsp3) is 0.417. The number of rotatable bonds is 5. The van der Waals surface area contributed by atoms with Crippen LogP contribution in [0.1, 0.15) is 17.4 Å². The molecule has 0 fully saturated rings. The van der Waals surface area contributed by atoms with Crippen LogP contribution in [-0.4, -0.2) is 48.9 Å². The summed E-state index contributed by atoms with van der Waals surface area (Å²) in [5.41, 5.74) is 1.03. The molecule has 0 radical (unpaired) electrons. The van der Waals surface area contributed by atoms with Gasteiger partial charge < -0.3 is 15.5 Å². The number of likely N-dealkylation sites (N-methyl/N-ethyl adjacent to an activating group) is 1. The molecule has 0 aliphatic carbocycles. The first-order chi connectivity index (χ1) is 8.54. The molecule has 0 unspecified atom stereocenters. The van der Waals surface area contributed by atoms with Crippen molar-refractivity contribution in [3.8, 4) is 0 Å². The van der Waals surface area contributed by atoms with Gasteiger partial charge in [0.15, 0.2) is 0 Å². The normalized spacial score (nSPS) is 9.72. The van der Waals surface area contributed by atoms with E-state index in [0.717, 1.165) is 0 Å². The molecule has 1 aromatic heterocycles. The van der Waals surface area contributed by atoms with Crippen molar-refractivity contribution in [3.63, 3.8) is 0 Å². The molecule has 98 valence electrons. The van der Waals surface area contributed by atoms with Crippen molar-refractivity contribution in [1.82, 2.24) is 15.2 Å². The van der Waals surface area contributed by atoms with Gasteiger partial charge in [-0.1, -0.05) is 0 Å². The van der Waals surface area contributed by atoms with Gasteiger partial charge in [0.05, 0.1) is 6.54 Å². The minimum atomic E-state index is -0.222. The van der Waals surface area contributed by atoms with Crippen LogP contribution >= 0.6 is 0 Å². The van der Waals surface area contributed by atoms with E-state index in [2.05, 4.69) is 15.6 Å². The lowest BCUT2D eigenvalue weighted by Crippen LogP contribution is -2.28. The van der Waals surface area contributed by atoms with Gasteiger partial charge in [0.25, 0.3) is 5.91 Å². The van der Waals surface area contributed by atoms with Gasteiger partial charge in [0.2, 0.25) is 5.91 Å². The molecule has 0 bridgehead atoms. The van der Waals surface area contributed by atoms with Crippen LogP contribution in [0.15, 0.2) is 18.3 Å². The number of hydrogen-bond donors (Lipinski definition) is 2. The predicted octanol–water partition coefficient (Wildman–Crippen LogP) is 0.331. The van der Waals surface area contributed by atoms with E-state index in [1.165, 1.54) is 11.1 Å². The fourth-order valence-electron chi connectivity index (χ4n) is 1.25. The summed E-state index contributed by atoms with van der Waals surface area (Å²) in [6.45, 7) is 2.58. The van der Waals surface area contributed by atoms with Crippen molar-refractivity contribution in [2.24, 2.45) is 0 Å². The third-order valence-corrected chi connectivity index (χ3v) is 2.27. The Morgan fingerprint density at radius 1 is 1.39 bits per heavy atom. The molecule has 1 heterocycles. The van der Waals surface area contributed by atoms with Gasteiger partial charge in [-0.25, -0.2) is 0 Å². The summed E-state index contributed by atoms with van der Waals surface area (Å²) in [6, 6.07) is 3.33. The van der Waals surface area contributed by atoms with E-state index >= 15 is 0 Å². The number of nitrogens with one attached hydrogen (secondary N) is 2. The Kier molecular flexibility index (Phi) is 5.10. The van der Waals surface area contributed by atoms with Crippen LogP contribution in [0.25, 0.3) is 0 Å². The fourth-order valence-corrected chi connectivity index (χ4v) is 1.25. The van der Waals surface area contributed by atoms with Gasteiger partial charge in [-0.3, -0.25) is 14.6 Å². The third kappa shape index (κ3) is 4.04. The first-order valence-electron chi connectivity index (χ1n) is 5.73. The Morgan fingerprint density at radius 2 is 2.11 bits per heavy atom. The Labute approximate surface area is 106 Å². The second kappa shape index (κ2) is 6.58. The summed E-state index contributed by atoms with van der Waals surface area (Å²) in [6.07, 6.45) is 1.53. The van der Waals surface area contributed by atoms with Gasteiger partial charge in [-0.2, -0.15) is 0 Å². The molecule has 0 saturated carbocycles. The lowest BCUT2D eigenvalue weighted by molar-refractivity contribution is -0.126. The van der Waals surface area contributed by atoms with Gasteiger partial charge in [0.1, 0.15) is 5.69 Å². The van der Waals surface area contributed by atoms with Crippen molar-refractivity contribution in [2.45, 2.75) is 6.92 Å². The minimum absolute atomic E-state index is 0.0358. The summed E-state index contributed by atoms with van der Waals surface area (Å²) in [5.74, 6) is -0.258. The van der Waals surface area contributed by atoms with Crippen LogP contribution in [0.3, 0.4) is 0 Å². The standard InChI is InChI=1S/C12H18N4O2/c1-4-13-12(18)10-7-9(5-6-14-10)15-8-11(17)16(2)3/h5-7H,4,8H2,1-3H3,(H,13,18)(H,14,15). The summed E-state index contributed by atoms with van der Waals surface area (Å²) < 4.78 is 0. The number of hydrogen-bond acceptors (Lipinski definition) is 4. The molecule has 2 N–H and O–H groups in total. The Bertz CT molecular complexity index is 432. The van der Waals surface area contributed by atoms with E-state index in [0.29, 0.717) is 17.9 Å². The SMILES string of the molecule is CCNC(=O)c1cc(NCC(=O)N(C)C)ccn1. The molecule has 2 amide bonds.